The summed E-state index contributed by atoms with van der Waals surface area (Å²) in [5.74, 6) is -0.403. The molecule has 3 rings (SSSR count). The van der Waals surface area contributed by atoms with Crippen molar-refractivity contribution in [1.29, 1.82) is 0 Å². The molecule has 1 atom stereocenters. The van der Waals surface area contributed by atoms with Gasteiger partial charge in [-0.3, -0.25) is 9.59 Å². The van der Waals surface area contributed by atoms with E-state index in [0.29, 0.717) is 16.1 Å². The molecule has 122 valence electrons. The summed E-state index contributed by atoms with van der Waals surface area (Å²) < 4.78 is 0. The van der Waals surface area contributed by atoms with Crippen LogP contribution in [-0.4, -0.2) is 12.1 Å². The van der Waals surface area contributed by atoms with Gasteiger partial charge in [0.1, 0.15) is 0 Å². The summed E-state index contributed by atoms with van der Waals surface area (Å²) in [6.45, 7) is 3.69. The van der Waals surface area contributed by atoms with Gasteiger partial charge in [-0.2, -0.15) is 0 Å². The average Bonchev–Trinajstić information content (AvgIpc) is 3.26. The van der Waals surface area contributed by atoms with Gasteiger partial charge in [-0.25, -0.2) is 0 Å². The van der Waals surface area contributed by atoms with Gasteiger partial charge in [0.05, 0.1) is 5.92 Å². The first-order valence-corrected chi connectivity index (χ1v) is 9.52. The van der Waals surface area contributed by atoms with Crippen molar-refractivity contribution in [1.82, 2.24) is 0 Å². The maximum Gasteiger partial charge on any atom is 0.171 e. The second-order valence-corrected chi connectivity index (χ2v) is 8.04. The Hall–Kier alpha value is -1.75. The molecular formula is C19H15ClO2S2. The maximum absolute atomic E-state index is 12.9. The Labute approximate surface area is 153 Å². The Morgan fingerprint density at radius 2 is 2.00 bits per heavy atom. The molecule has 1 aromatic carbocycles. The fourth-order valence-electron chi connectivity index (χ4n) is 2.51. The summed E-state index contributed by atoms with van der Waals surface area (Å²) in [5, 5.41) is 2.54. The Morgan fingerprint density at radius 1 is 1.21 bits per heavy atom. The molecule has 0 aliphatic heterocycles. The first kappa shape index (κ1) is 17.1. The van der Waals surface area contributed by atoms with E-state index < -0.39 is 0 Å². The SMILES string of the molecule is Cc1cc(C=O)c(C(=O)C(C)c2ccc(-c3cccs3)s2)cc1Cl. The Balaban J connectivity index is 1.93. The molecule has 0 aliphatic carbocycles. The third-order valence-corrected chi connectivity index (χ3v) is 6.67. The van der Waals surface area contributed by atoms with E-state index in [2.05, 4.69) is 6.07 Å². The molecule has 24 heavy (non-hydrogen) atoms. The van der Waals surface area contributed by atoms with Gasteiger partial charge >= 0.3 is 0 Å². The van der Waals surface area contributed by atoms with Crippen LogP contribution in [0.5, 0.6) is 0 Å². The molecule has 1 unspecified atom stereocenters. The lowest BCUT2D eigenvalue weighted by molar-refractivity contribution is 0.0961. The van der Waals surface area contributed by atoms with Gasteiger partial charge in [-0.05, 0) is 48.2 Å². The lowest BCUT2D eigenvalue weighted by Crippen LogP contribution is -2.11. The van der Waals surface area contributed by atoms with Crippen LogP contribution in [0.2, 0.25) is 5.02 Å². The topological polar surface area (TPSA) is 34.1 Å². The summed E-state index contributed by atoms with van der Waals surface area (Å²) >= 11 is 9.43. The molecule has 2 heterocycles. The van der Waals surface area contributed by atoms with Crippen molar-refractivity contribution in [2.24, 2.45) is 0 Å². The molecule has 0 saturated heterocycles. The van der Waals surface area contributed by atoms with Crippen molar-refractivity contribution in [2.45, 2.75) is 19.8 Å². The number of rotatable bonds is 5. The fourth-order valence-corrected chi connectivity index (χ4v) is 4.57. The number of thiophene rings is 2. The Bertz CT molecular complexity index is 894. The summed E-state index contributed by atoms with van der Waals surface area (Å²) in [7, 11) is 0. The van der Waals surface area contributed by atoms with Crippen molar-refractivity contribution in [3.63, 3.8) is 0 Å². The first-order valence-electron chi connectivity index (χ1n) is 7.44. The van der Waals surface area contributed by atoms with Crippen molar-refractivity contribution in [3.8, 4) is 9.75 Å². The van der Waals surface area contributed by atoms with Crippen LogP contribution in [-0.2, 0) is 0 Å². The number of carbonyl (C=O) groups is 2. The predicted molar refractivity (Wildman–Crippen MR) is 102 cm³/mol. The van der Waals surface area contributed by atoms with E-state index in [1.807, 2.05) is 37.4 Å². The summed E-state index contributed by atoms with van der Waals surface area (Å²) in [5.41, 5.74) is 1.57. The van der Waals surface area contributed by atoms with Crippen LogP contribution in [0.3, 0.4) is 0 Å². The molecule has 0 fully saturated rings. The number of ketones is 1. The predicted octanol–water partition coefficient (Wildman–Crippen LogP) is 6.24. The first-order chi connectivity index (χ1) is 11.5. The highest BCUT2D eigenvalue weighted by Crippen LogP contribution is 2.36. The number of Topliss-reactive ketones (excluding diaryl/α,β-unsaturated/α-hetero) is 1. The zero-order chi connectivity index (χ0) is 17.3. The molecule has 0 N–H and O–H groups in total. The van der Waals surface area contributed by atoms with Crippen LogP contribution in [0.15, 0.2) is 41.8 Å². The number of aryl methyl sites for hydroxylation is 1. The van der Waals surface area contributed by atoms with E-state index in [9.17, 15) is 9.59 Å². The van der Waals surface area contributed by atoms with Crippen LogP contribution in [0, 0.1) is 6.92 Å². The van der Waals surface area contributed by atoms with Gasteiger partial charge in [0.15, 0.2) is 12.1 Å². The molecule has 0 aliphatic rings. The largest absolute Gasteiger partial charge is 0.298 e. The van der Waals surface area contributed by atoms with Crippen molar-refractivity contribution in [3.05, 3.63) is 68.4 Å². The third-order valence-electron chi connectivity index (χ3n) is 3.93. The van der Waals surface area contributed by atoms with Crippen LogP contribution < -0.4 is 0 Å². The van der Waals surface area contributed by atoms with Crippen LogP contribution in [0.4, 0.5) is 0 Å². The molecule has 3 aromatic rings. The van der Waals surface area contributed by atoms with Gasteiger partial charge < -0.3 is 0 Å². The fraction of sp³-hybridized carbons (Fsp3) is 0.158. The summed E-state index contributed by atoms with van der Waals surface area (Å²) in [4.78, 5) is 27.5. The van der Waals surface area contributed by atoms with Crippen LogP contribution in [0.25, 0.3) is 9.75 Å². The van der Waals surface area contributed by atoms with Gasteiger partial charge in [0, 0.05) is 30.8 Å². The normalized spacial score (nSPS) is 12.1. The van der Waals surface area contributed by atoms with E-state index in [4.69, 9.17) is 11.6 Å². The number of hydrogen-bond donors (Lipinski definition) is 0. The molecule has 0 spiro atoms. The minimum atomic E-state index is -0.318. The molecule has 2 nitrogen and oxygen atoms in total. The molecule has 5 heteroatoms. The molecule has 0 bridgehead atoms. The smallest absolute Gasteiger partial charge is 0.171 e. The average molecular weight is 375 g/mol. The van der Waals surface area contributed by atoms with E-state index in [1.54, 1.807) is 34.8 Å². The number of carbonyl (C=O) groups excluding carboxylic acids is 2. The molecule has 0 amide bonds. The highest BCUT2D eigenvalue weighted by atomic mass is 35.5. The quantitative estimate of drug-likeness (QED) is 0.391. The van der Waals surface area contributed by atoms with Crippen LogP contribution >= 0.6 is 34.3 Å². The number of benzene rings is 1. The zero-order valence-corrected chi connectivity index (χ0v) is 15.6. The standard InChI is InChI=1S/C19H15ClO2S2/c1-11-8-13(10-21)14(9-15(11)20)19(22)12(2)16-5-6-18(24-16)17-4-3-7-23-17/h3-10,12H,1-2H3. The van der Waals surface area contributed by atoms with Crippen molar-refractivity contribution >= 4 is 46.3 Å². The van der Waals surface area contributed by atoms with E-state index in [1.165, 1.54) is 4.88 Å². The van der Waals surface area contributed by atoms with Gasteiger partial charge in [-0.15, -0.1) is 22.7 Å². The molecule has 0 saturated carbocycles. The highest BCUT2D eigenvalue weighted by molar-refractivity contribution is 7.21. The Kier molecular flexibility index (Phi) is 4.99. The van der Waals surface area contributed by atoms with Crippen LogP contribution in [0.1, 0.15) is 44.0 Å². The third kappa shape index (κ3) is 3.22. The second kappa shape index (κ2) is 7.01. The monoisotopic (exact) mass is 374 g/mol. The highest BCUT2D eigenvalue weighted by Gasteiger charge is 2.22. The lowest BCUT2D eigenvalue weighted by atomic mass is 9.93. The van der Waals surface area contributed by atoms with E-state index in [-0.39, 0.29) is 11.7 Å². The summed E-state index contributed by atoms with van der Waals surface area (Å²) in [6.07, 6.45) is 0.717. The van der Waals surface area contributed by atoms with Gasteiger partial charge in [0.25, 0.3) is 0 Å². The number of aldehydes is 1. The second-order valence-electron chi connectivity index (χ2n) is 5.57. The van der Waals surface area contributed by atoms with Gasteiger partial charge in [0.2, 0.25) is 0 Å². The molecule has 0 radical (unpaired) electrons. The molecule has 2 aromatic heterocycles. The summed E-state index contributed by atoms with van der Waals surface area (Å²) in [6, 6.07) is 11.4. The Morgan fingerprint density at radius 3 is 2.67 bits per heavy atom. The lowest BCUT2D eigenvalue weighted by Gasteiger charge is -2.12. The van der Waals surface area contributed by atoms with Crippen molar-refractivity contribution in [2.75, 3.05) is 0 Å². The van der Waals surface area contributed by atoms with E-state index >= 15 is 0 Å². The number of hydrogen-bond acceptors (Lipinski definition) is 4. The van der Waals surface area contributed by atoms with E-state index in [0.717, 1.165) is 21.6 Å². The van der Waals surface area contributed by atoms with Crippen molar-refractivity contribution < 1.29 is 9.59 Å². The number of halogens is 1. The maximum atomic E-state index is 12.9. The zero-order valence-electron chi connectivity index (χ0n) is 13.2. The van der Waals surface area contributed by atoms with Gasteiger partial charge in [-0.1, -0.05) is 24.6 Å². The minimum Gasteiger partial charge on any atom is -0.298 e. The molecular weight excluding hydrogens is 360 g/mol. The minimum absolute atomic E-state index is 0.0846.